The first-order chi connectivity index (χ1) is 4.20. The largest absolute Gasteiger partial charge is 0.0727 e. The molecule has 1 aromatic carbocycles. The molecule has 0 nitrogen and oxygen atoms in total. The summed E-state index contributed by atoms with van der Waals surface area (Å²) in [6, 6.07) is 5.94. The van der Waals surface area contributed by atoms with Crippen LogP contribution >= 0.6 is 31.9 Å². The Morgan fingerprint density at radius 3 is 2.33 bits per heavy atom. The summed E-state index contributed by atoms with van der Waals surface area (Å²) in [5, 5.41) is 1.07. The van der Waals surface area contributed by atoms with Gasteiger partial charge in [0.15, 0.2) is 0 Å². The summed E-state index contributed by atoms with van der Waals surface area (Å²) in [6.07, 6.45) is 0. The van der Waals surface area contributed by atoms with Gasteiger partial charge in [0.05, 0.1) is 10.2 Å². The molecule has 0 aliphatic heterocycles. The third kappa shape index (κ3) is 1.91. The molecule has 0 amide bonds. The molecular formula is C6H3Br2Si. The maximum Gasteiger partial charge on any atom is 0.0727 e. The minimum atomic E-state index is 1.06. The molecule has 0 saturated heterocycles. The van der Waals surface area contributed by atoms with E-state index in [0.717, 1.165) is 14.1 Å². The van der Waals surface area contributed by atoms with Crippen molar-refractivity contribution in [2.75, 3.05) is 0 Å². The highest BCUT2D eigenvalue weighted by Gasteiger charge is 1.92. The van der Waals surface area contributed by atoms with Gasteiger partial charge >= 0.3 is 0 Å². The van der Waals surface area contributed by atoms with Gasteiger partial charge in [-0.2, -0.15) is 0 Å². The molecule has 0 aromatic heterocycles. The lowest BCUT2D eigenvalue weighted by Crippen LogP contribution is -2.02. The summed E-state index contributed by atoms with van der Waals surface area (Å²) in [5.74, 6) is 0. The predicted molar refractivity (Wildman–Crippen MR) is 47.2 cm³/mol. The molecule has 0 spiro atoms. The lowest BCUT2D eigenvalue weighted by molar-refractivity contribution is 1.65. The maximum atomic E-state index is 3.41. The molecule has 0 bridgehead atoms. The van der Waals surface area contributed by atoms with E-state index in [4.69, 9.17) is 0 Å². The standard InChI is InChI=1S/C6H3Br2Si/c7-4-1-2-6(9)5(8)3-4/h1-3H. The van der Waals surface area contributed by atoms with Gasteiger partial charge in [-0.1, -0.05) is 43.1 Å². The van der Waals surface area contributed by atoms with Crippen molar-refractivity contribution in [3.05, 3.63) is 27.1 Å². The summed E-state index contributed by atoms with van der Waals surface area (Å²) in [4.78, 5) is 0. The van der Waals surface area contributed by atoms with E-state index >= 15 is 0 Å². The zero-order chi connectivity index (χ0) is 6.85. The first-order valence-electron chi connectivity index (χ1n) is 2.37. The summed E-state index contributed by atoms with van der Waals surface area (Å²) in [6.45, 7) is 0. The van der Waals surface area contributed by atoms with Gasteiger partial charge in [-0.15, -0.1) is 0 Å². The first kappa shape index (κ1) is 7.50. The molecule has 0 aliphatic rings. The summed E-state index contributed by atoms with van der Waals surface area (Å²) in [7, 11) is 3.41. The van der Waals surface area contributed by atoms with Crippen molar-refractivity contribution in [1.29, 1.82) is 0 Å². The molecule has 0 fully saturated rings. The third-order valence-electron chi connectivity index (χ3n) is 0.931. The van der Waals surface area contributed by atoms with Gasteiger partial charge in [0.2, 0.25) is 0 Å². The average molecular weight is 263 g/mol. The molecule has 0 aliphatic carbocycles. The number of rotatable bonds is 0. The average Bonchev–Trinajstić information content (AvgIpc) is 1.80. The SMILES string of the molecule is [Si]c1ccc(Br)cc1Br. The van der Waals surface area contributed by atoms with Crippen LogP contribution in [0.15, 0.2) is 27.1 Å². The third-order valence-corrected chi connectivity index (χ3v) is 2.88. The Morgan fingerprint density at radius 2 is 1.89 bits per heavy atom. The van der Waals surface area contributed by atoms with E-state index in [-0.39, 0.29) is 0 Å². The Hall–Kier alpha value is 0.397. The van der Waals surface area contributed by atoms with E-state index in [2.05, 4.69) is 42.1 Å². The van der Waals surface area contributed by atoms with Crippen LogP contribution < -0.4 is 5.19 Å². The normalized spacial score (nSPS) is 9.67. The van der Waals surface area contributed by atoms with Gasteiger partial charge in [0.25, 0.3) is 0 Å². The summed E-state index contributed by atoms with van der Waals surface area (Å²) in [5.41, 5.74) is 0. The molecule has 0 N–H and O–H groups in total. The highest BCUT2D eigenvalue weighted by molar-refractivity contribution is 9.11. The van der Waals surface area contributed by atoms with Crippen molar-refractivity contribution in [3.63, 3.8) is 0 Å². The topological polar surface area (TPSA) is 0 Å². The molecule has 0 unspecified atom stereocenters. The predicted octanol–water partition coefficient (Wildman–Crippen LogP) is 2.01. The lowest BCUT2D eigenvalue weighted by atomic mass is 10.4. The summed E-state index contributed by atoms with van der Waals surface area (Å²) < 4.78 is 2.14. The van der Waals surface area contributed by atoms with Crippen molar-refractivity contribution in [2.24, 2.45) is 0 Å². The fourth-order valence-electron chi connectivity index (χ4n) is 0.489. The molecule has 0 saturated carbocycles. The molecule has 0 heterocycles. The van der Waals surface area contributed by atoms with Crippen molar-refractivity contribution in [1.82, 2.24) is 0 Å². The van der Waals surface area contributed by atoms with E-state index in [1.807, 2.05) is 18.2 Å². The number of hydrogen-bond acceptors (Lipinski definition) is 0. The Kier molecular flexibility index (Phi) is 2.49. The van der Waals surface area contributed by atoms with E-state index in [9.17, 15) is 0 Å². The smallest absolute Gasteiger partial charge is 0.0616 e. The van der Waals surface area contributed by atoms with Crippen LogP contribution in [0, 0.1) is 0 Å². The lowest BCUT2D eigenvalue weighted by Gasteiger charge is -1.95. The molecule has 3 heteroatoms. The Bertz CT molecular complexity index is 222. The number of benzene rings is 1. The van der Waals surface area contributed by atoms with Gasteiger partial charge in [-0.05, 0) is 12.1 Å². The number of halogens is 2. The molecular weight excluding hydrogens is 260 g/mol. The zero-order valence-corrected chi connectivity index (χ0v) is 8.66. The molecule has 1 aromatic rings. The van der Waals surface area contributed by atoms with Crippen LogP contribution in [0.2, 0.25) is 0 Å². The maximum absolute atomic E-state index is 3.41. The number of hydrogen-bond donors (Lipinski definition) is 0. The highest BCUT2D eigenvalue weighted by Crippen LogP contribution is 2.13. The first-order valence-corrected chi connectivity index (χ1v) is 4.45. The quantitative estimate of drug-likeness (QED) is 0.628. The Balaban J connectivity index is 3.17. The second-order valence-electron chi connectivity index (χ2n) is 1.62. The van der Waals surface area contributed by atoms with Gasteiger partial charge in [0, 0.05) is 8.95 Å². The van der Waals surface area contributed by atoms with Crippen LogP contribution in [-0.2, 0) is 0 Å². The molecule has 3 radical (unpaired) electrons. The van der Waals surface area contributed by atoms with E-state index in [1.54, 1.807) is 0 Å². The van der Waals surface area contributed by atoms with Crippen LogP contribution in [0.1, 0.15) is 0 Å². The van der Waals surface area contributed by atoms with Crippen LogP contribution in [0.4, 0.5) is 0 Å². The Labute approximate surface area is 74.3 Å². The van der Waals surface area contributed by atoms with Gasteiger partial charge in [-0.25, -0.2) is 0 Å². The van der Waals surface area contributed by atoms with Crippen molar-refractivity contribution in [3.8, 4) is 0 Å². The Morgan fingerprint density at radius 1 is 1.22 bits per heavy atom. The fourth-order valence-corrected chi connectivity index (χ4v) is 1.69. The molecule has 45 valence electrons. The molecule has 9 heavy (non-hydrogen) atoms. The minimum absolute atomic E-state index is 1.06. The van der Waals surface area contributed by atoms with Crippen LogP contribution in [-0.4, -0.2) is 10.2 Å². The molecule has 0 atom stereocenters. The fraction of sp³-hybridized carbons (Fsp3) is 0. The van der Waals surface area contributed by atoms with Crippen molar-refractivity contribution in [2.45, 2.75) is 0 Å². The highest BCUT2D eigenvalue weighted by atomic mass is 79.9. The van der Waals surface area contributed by atoms with Gasteiger partial charge in [0.1, 0.15) is 0 Å². The van der Waals surface area contributed by atoms with Crippen molar-refractivity contribution < 1.29 is 0 Å². The van der Waals surface area contributed by atoms with Crippen LogP contribution in [0.25, 0.3) is 0 Å². The van der Waals surface area contributed by atoms with Gasteiger partial charge in [-0.3, -0.25) is 0 Å². The molecule has 1 rings (SSSR count). The van der Waals surface area contributed by atoms with E-state index in [0.29, 0.717) is 0 Å². The van der Waals surface area contributed by atoms with Crippen LogP contribution in [0.5, 0.6) is 0 Å². The second kappa shape index (κ2) is 2.99. The van der Waals surface area contributed by atoms with Crippen LogP contribution in [0.3, 0.4) is 0 Å². The second-order valence-corrected chi connectivity index (χ2v) is 3.93. The zero-order valence-electron chi connectivity index (χ0n) is 4.49. The monoisotopic (exact) mass is 261 g/mol. The van der Waals surface area contributed by atoms with Gasteiger partial charge < -0.3 is 0 Å². The van der Waals surface area contributed by atoms with E-state index in [1.165, 1.54) is 0 Å². The minimum Gasteiger partial charge on any atom is -0.0616 e. The summed E-state index contributed by atoms with van der Waals surface area (Å²) >= 11 is 6.71. The van der Waals surface area contributed by atoms with E-state index < -0.39 is 0 Å². The van der Waals surface area contributed by atoms with Crippen molar-refractivity contribution >= 4 is 47.3 Å².